The molecule has 3 atom stereocenters. The largest absolute Gasteiger partial charge is 0.103 e. The van der Waals surface area contributed by atoms with Crippen molar-refractivity contribution in [3.05, 3.63) is 12.7 Å². The highest BCUT2D eigenvalue weighted by Gasteiger charge is 2.31. The molecule has 0 aromatic heterocycles. The first kappa shape index (κ1) is 20.1. The highest BCUT2D eigenvalue weighted by Crippen LogP contribution is 2.43. The molecular formula is C24H44. The van der Waals surface area contributed by atoms with Crippen LogP contribution in [0.15, 0.2) is 12.7 Å². The van der Waals surface area contributed by atoms with Crippen LogP contribution in [-0.2, 0) is 0 Å². The Balaban J connectivity index is 1.67. The standard InChI is InChI=1S/C24H44/c1-6-18(3)19(4)8-9-20(5)22-14-16-24(17-15-22)23-12-10-21(7-2)11-13-23/h7,18-24H,2,6,8-17H2,1,3-5H3. The van der Waals surface area contributed by atoms with Crippen LogP contribution in [0.1, 0.15) is 98.3 Å². The zero-order valence-corrected chi connectivity index (χ0v) is 17.1. The molecule has 2 aliphatic carbocycles. The molecule has 0 aromatic rings. The van der Waals surface area contributed by atoms with Gasteiger partial charge in [-0.15, -0.1) is 6.58 Å². The molecule has 0 N–H and O–H groups in total. The molecule has 2 saturated carbocycles. The summed E-state index contributed by atoms with van der Waals surface area (Å²) in [5.41, 5.74) is 0. The summed E-state index contributed by atoms with van der Waals surface area (Å²) in [6.07, 6.45) is 18.3. The summed E-state index contributed by atoms with van der Waals surface area (Å²) in [6, 6.07) is 0. The summed E-state index contributed by atoms with van der Waals surface area (Å²) in [5.74, 6) is 6.71. The molecule has 0 spiro atoms. The van der Waals surface area contributed by atoms with Gasteiger partial charge in [0.25, 0.3) is 0 Å². The van der Waals surface area contributed by atoms with Crippen LogP contribution in [0.2, 0.25) is 0 Å². The lowest BCUT2D eigenvalue weighted by Gasteiger charge is -2.39. The van der Waals surface area contributed by atoms with Gasteiger partial charge >= 0.3 is 0 Å². The summed E-state index contributed by atoms with van der Waals surface area (Å²) < 4.78 is 0. The Labute approximate surface area is 152 Å². The van der Waals surface area contributed by atoms with Crippen molar-refractivity contribution in [2.75, 3.05) is 0 Å². The lowest BCUT2D eigenvalue weighted by molar-refractivity contribution is 0.130. The molecule has 0 heterocycles. The number of hydrogen-bond donors (Lipinski definition) is 0. The Bertz CT molecular complexity index is 341. The first-order chi connectivity index (χ1) is 11.5. The minimum atomic E-state index is 0.824. The third-order valence-corrected chi connectivity index (χ3v) is 8.13. The van der Waals surface area contributed by atoms with E-state index in [9.17, 15) is 0 Å². The van der Waals surface area contributed by atoms with Crippen LogP contribution in [0.3, 0.4) is 0 Å². The van der Waals surface area contributed by atoms with Crippen LogP contribution in [0.4, 0.5) is 0 Å². The molecule has 0 radical (unpaired) electrons. The van der Waals surface area contributed by atoms with Crippen LogP contribution in [0, 0.1) is 41.4 Å². The molecule has 0 bridgehead atoms. The summed E-state index contributed by atoms with van der Waals surface area (Å²) in [6.45, 7) is 13.8. The lowest BCUT2D eigenvalue weighted by atomic mass is 9.67. The van der Waals surface area contributed by atoms with Crippen molar-refractivity contribution in [2.24, 2.45) is 41.4 Å². The molecule has 24 heavy (non-hydrogen) atoms. The van der Waals surface area contributed by atoms with Crippen molar-refractivity contribution in [1.82, 2.24) is 0 Å². The van der Waals surface area contributed by atoms with E-state index in [1.165, 1.54) is 70.6 Å². The highest BCUT2D eigenvalue weighted by molar-refractivity contribution is 4.88. The van der Waals surface area contributed by atoms with Gasteiger partial charge in [0.05, 0.1) is 0 Å². The van der Waals surface area contributed by atoms with Gasteiger partial charge in [0.2, 0.25) is 0 Å². The van der Waals surface area contributed by atoms with Gasteiger partial charge in [0.15, 0.2) is 0 Å². The molecule has 0 nitrogen and oxygen atoms in total. The van der Waals surface area contributed by atoms with E-state index in [2.05, 4.69) is 40.3 Å². The minimum Gasteiger partial charge on any atom is -0.103 e. The maximum Gasteiger partial charge on any atom is -0.0236 e. The zero-order chi connectivity index (χ0) is 17.5. The van der Waals surface area contributed by atoms with Crippen LogP contribution in [0.5, 0.6) is 0 Å². The van der Waals surface area contributed by atoms with Crippen molar-refractivity contribution < 1.29 is 0 Å². The summed E-state index contributed by atoms with van der Waals surface area (Å²) in [5, 5.41) is 0. The van der Waals surface area contributed by atoms with Gasteiger partial charge in [0, 0.05) is 0 Å². The maximum atomic E-state index is 4.00. The summed E-state index contributed by atoms with van der Waals surface area (Å²) >= 11 is 0. The van der Waals surface area contributed by atoms with Gasteiger partial charge in [-0.2, -0.15) is 0 Å². The second-order valence-electron chi connectivity index (χ2n) is 9.50. The fraction of sp³-hybridized carbons (Fsp3) is 0.917. The Morgan fingerprint density at radius 1 is 0.792 bits per heavy atom. The molecule has 0 saturated heterocycles. The maximum absolute atomic E-state index is 4.00. The Morgan fingerprint density at radius 3 is 1.83 bits per heavy atom. The molecule has 0 aromatic carbocycles. The Kier molecular flexibility index (Phi) is 8.38. The van der Waals surface area contributed by atoms with E-state index >= 15 is 0 Å². The predicted molar refractivity (Wildman–Crippen MR) is 108 cm³/mol. The van der Waals surface area contributed by atoms with E-state index in [0.29, 0.717) is 0 Å². The molecule has 0 aliphatic heterocycles. The first-order valence-corrected chi connectivity index (χ1v) is 11.2. The monoisotopic (exact) mass is 332 g/mol. The van der Waals surface area contributed by atoms with E-state index in [4.69, 9.17) is 0 Å². The quantitative estimate of drug-likeness (QED) is 0.396. The van der Waals surface area contributed by atoms with Gasteiger partial charge in [0.1, 0.15) is 0 Å². The fourth-order valence-electron chi connectivity index (χ4n) is 5.49. The van der Waals surface area contributed by atoms with Crippen molar-refractivity contribution in [2.45, 2.75) is 98.3 Å². The topological polar surface area (TPSA) is 0 Å². The molecule has 140 valence electrons. The van der Waals surface area contributed by atoms with Gasteiger partial charge in [-0.1, -0.05) is 53.0 Å². The van der Waals surface area contributed by atoms with Crippen LogP contribution >= 0.6 is 0 Å². The Hall–Kier alpha value is -0.260. The van der Waals surface area contributed by atoms with Crippen LogP contribution in [0.25, 0.3) is 0 Å². The fourth-order valence-corrected chi connectivity index (χ4v) is 5.49. The van der Waals surface area contributed by atoms with E-state index in [1.54, 1.807) is 0 Å². The summed E-state index contributed by atoms with van der Waals surface area (Å²) in [7, 11) is 0. The summed E-state index contributed by atoms with van der Waals surface area (Å²) in [4.78, 5) is 0. The van der Waals surface area contributed by atoms with E-state index in [0.717, 1.165) is 41.4 Å². The second-order valence-corrected chi connectivity index (χ2v) is 9.50. The molecule has 0 amide bonds. The van der Waals surface area contributed by atoms with Crippen molar-refractivity contribution in [3.8, 4) is 0 Å². The third kappa shape index (κ3) is 5.63. The van der Waals surface area contributed by atoms with Crippen molar-refractivity contribution in [1.29, 1.82) is 0 Å². The Morgan fingerprint density at radius 2 is 1.33 bits per heavy atom. The predicted octanol–water partition coefficient (Wildman–Crippen LogP) is 7.88. The lowest BCUT2D eigenvalue weighted by Crippen LogP contribution is -2.27. The third-order valence-electron chi connectivity index (χ3n) is 8.13. The van der Waals surface area contributed by atoms with E-state index in [-0.39, 0.29) is 0 Å². The van der Waals surface area contributed by atoms with Crippen molar-refractivity contribution in [3.63, 3.8) is 0 Å². The molecule has 2 rings (SSSR count). The molecule has 2 fully saturated rings. The van der Waals surface area contributed by atoms with Crippen LogP contribution < -0.4 is 0 Å². The molecule has 0 heteroatoms. The van der Waals surface area contributed by atoms with Gasteiger partial charge in [-0.05, 0) is 92.8 Å². The number of rotatable bonds is 8. The zero-order valence-electron chi connectivity index (χ0n) is 17.1. The normalized spacial score (nSPS) is 35.2. The first-order valence-electron chi connectivity index (χ1n) is 11.2. The number of hydrogen-bond acceptors (Lipinski definition) is 0. The highest BCUT2D eigenvalue weighted by atomic mass is 14.4. The van der Waals surface area contributed by atoms with Gasteiger partial charge in [-0.25, -0.2) is 0 Å². The minimum absolute atomic E-state index is 0.824. The molecule has 3 unspecified atom stereocenters. The van der Waals surface area contributed by atoms with Gasteiger partial charge in [-0.3, -0.25) is 0 Å². The average molecular weight is 333 g/mol. The van der Waals surface area contributed by atoms with Crippen LogP contribution in [-0.4, -0.2) is 0 Å². The van der Waals surface area contributed by atoms with E-state index < -0.39 is 0 Å². The number of allylic oxidation sites excluding steroid dienone is 1. The van der Waals surface area contributed by atoms with Gasteiger partial charge < -0.3 is 0 Å². The molecule has 2 aliphatic rings. The SMILES string of the molecule is C=CC1CCC(C2CCC(C(C)CCC(C)C(C)CC)CC2)CC1. The molecular weight excluding hydrogens is 288 g/mol. The second kappa shape index (κ2) is 10.0. The van der Waals surface area contributed by atoms with E-state index in [1.807, 2.05) is 0 Å². The average Bonchev–Trinajstić information content (AvgIpc) is 2.65. The smallest absolute Gasteiger partial charge is 0.0236 e. The van der Waals surface area contributed by atoms with Crippen molar-refractivity contribution >= 4 is 0 Å².